The molecular weight excluding hydrogens is 463 g/mol. The van der Waals surface area contributed by atoms with E-state index in [0.29, 0.717) is 36.7 Å². The third-order valence-corrected chi connectivity index (χ3v) is 6.70. The number of ether oxygens (including phenoxy) is 2. The Kier molecular flexibility index (Phi) is 6.26. The molecule has 1 saturated heterocycles. The van der Waals surface area contributed by atoms with Crippen LogP contribution in [-0.2, 0) is 0 Å². The number of aromatic nitrogens is 3. The predicted octanol–water partition coefficient (Wildman–Crippen LogP) is 3.98. The zero-order valence-electron chi connectivity index (χ0n) is 20.5. The summed E-state index contributed by atoms with van der Waals surface area (Å²) >= 11 is 0. The highest BCUT2D eigenvalue weighted by Crippen LogP contribution is 2.38. The second-order valence-electron chi connectivity index (χ2n) is 8.89. The Hall–Kier alpha value is -4.08. The lowest BCUT2D eigenvalue weighted by molar-refractivity contribution is 0.0713. The van der Waals surface area contributed by atoms with E-state index in [-0.39, 0.29) is 34.8 Å². The van der Waals surface area contributed by atoms with Crippen molar-refractivity contribution in [1.29, 1.82) is 0 Å². The van der Waals surface area contributed by atoms with Crippen molar-refractivity contribution in [1.82, 2.24) is 19.9 Å². The van der Waals surface area contributed by atoms with Gasteiger partial charge in [0.15, 0.2) is 17.3 Å². The lowest BCUT2D eigenvalue weighted by Gasteiger charge is -2.41. The molecule has 2 aromatic heterocycles. The van der Waals surface area contributed by atoms with Crippen LogP contribution in [0.15, 0.2) is 36.4 Å². The smallest absolute Gasteiger partial charge is 0.270 e. The highest BCUT2D eigenvalue weighted by atomic mass is 19.1. The zero-order valence-corrected chi connectivity index (χ0v) is 20.5. The number of benzene rings is 2. The summed E-state index contributed by atoms with van der Waals surface area (Å²) in [5.74, 6) is -0.0222. The minimum absolute atomic E-state index is 0.0343. The molecule has 0 saturated carbocycles. The van der Waals surface area contributed by atoms with Crippen LogP contribution in [0.2, 0.25) is 0 Å². The average molecular weight is 493 g/mol. The quantitative estimate of drug-likeness (QED) is 0.419. The van der Waals surface area contributed by atoms with Crippen molar-refractivity contribution in [3.63, 3.8) is 0 Å². The van der Waals surface area contributed by atoms with Gasteiger partial charge in [-0.3, -0.25) is 4.79 Å². The Bertz CT molecular complexity index is 1410. The molecule has 5 rings (SSSR count). The van der Waals surface area contributed by atoms with Crippen LogP contribution in [0.3, 0.4) is 0 Å². The molecule has 0 aliphatic carbocycles. The number of H-pyrrole nitrogens is 1. The topological polar surface area (TPSA) is 110 Å². The van der Waals surface area contributed by atoms with E-state index in [4.69, 9.17) is 15.2 Å². The summed E-state index contributed by atoms with van der Waals surface area (Å²) in [4.78, 5) is 29.5. The summed E-state index contributed by atoms with van der Waals surface area (Å²) in [6, 6.07) is 11.2. The maximum absolute atomic E-state index is 15.3. The molecule has 4 aromatic rings. The maximum Gasteiger partial charge on any atom is 0.270 e. The van der Waals surface area contributed by atoms with E-state index in [1.54, 1.807) is 6.07 Å². The number of rotatable bonds is 6. The summed E-state index contributed by atoms with van der Waals surface area (Å²) < 4.78 is 25.7. The molecule has 1 atom stereocenters. The largest absolute Gasteiger partial charge is 0.493 e. The number of carbonyl (C=O) groups excluding carboxylic acids is 1. The number of para-hydroxylation sites is 1. The van der Waals surface area contributed by atoms with E-state index in [2.05, 4.69) is 21.9 Å². The van der Waals surface area contributed by atoms with E-state index in [9.17, 15) is 4.79 Å². The monoisotopic (exact) mass is 492 g/mol. The summed E-state index contributed by atoms with van der Waals surface area (Å²) in [5, 5.41) is 1.35. The minimum Gasteiger partial charge on any atom is -0.493 e. The van der Waals surface area contributed by atoms with Crippen LogP contribution >= 0.6 is 0 Å². The highest BCUT2D eigenvalue weighted by Gasteiger charge is 2.32. The molecule has 10 heteroatoms. The lowest BCUT2D eigenvalue weighted by Crippen LogP contribution is -2.55. The molecule has 1 fully saturated rings. The number of halogens is 1. The van der Waals surface area contributed by atoms with Gasteiger partial charge in [0.05, 0.1) is 14.2 Å². The van der Waals surface area contributed by atoms with Crippen LogP contribution in [0.5, 0.6) is 11.5 Å². The Morgan fingerprint density at radius 3 is 2.72 bits per heavy atom. The number of carbonyl (C=O) groups is 1. The van der Waals surface area contributed by atoms with Gasteiger partial charge in [0.1, 0.15) is 17.0 Å². The van der Waals surface area contributed by atoms with Crippen molar-refractivity contribution >= 4 is 39.5 Å². The van der Waals surface area contributed by atoms with Gasteiger partial charge in [-0.05, 0) is 24.6 Å². The SMILES string of the molecule is CCCC1CN(C(=O)c2cc3ccccc3[nH]2)CCN1c1nc(N)c2cc(OC)c(OC)c(F)c2n1. The van der Waals surface area contributed by atoms with E-state index in [1.165, 1.54) is 14.2 Å². The number of aromatic amines is 1. The molecule has 0 bridgehead atoms. The second kappa shape index (κ2) is 9.52. The summed E-state index contributed by atoms with van der Waals surface area (Å²) in [7, 11) is 2.80. The van der Waals surface area contributed by atoms with Crippen molar-refractivity contribution in [3.05, 3.63) is 47.9 Å². The number of nitrogens with one attached hydrogen (secondary N) is 1. The number of amides is 1. The van der Waals surface area contributed by atoms with Crippen LogP contribution in [0.1, 0.15) is 30.3 Å². The first-order valence-electron chi connectivity index (χ1n) is 12.0. The molecule has 1 amide bonds. The number of methoxy groups -OCH3 is 2. The molecule has 0 radical (unpaired) electrons. The number of nitrogens with zero attached hydrogens (tertiary/aromatic N) is 4. The summed E-state index contributed by atoms with van der Waals surface area (Å²) in [6.45, 7) is 3.56. The molecule has 188 valence electrons. The standard InChI is InChI=1S/C26H29FN6O3/c1-4-7-16-14-32(25(34)19-12-15-8-5-6-9-18(15)29-19)10-11-33(16)26-30-22-17(24(28)31-26)13-20(35-2)23(36-3)21(22)27/h5-6,8-9,12-13,16,29H,4,7,10-11,14H2,1-3H3,(H2,28,30,31). The Balaban J connectivity index is 1.46. The van der Waals surface area contributed by atoms with E-state index >= 15 is 4.39 Å². The molecule has 3 heterocycles. The lowest BCUT2D eigenvalue weighted by atomic mass is 10.1. The predicted molar refractivity (Wildman–Crippen MR) is 137 cm³/mol. The molecule has 1 aliphatic rings. The molecule has 9 nitrogen and oxygen atoms in total. The fourth-order valence-electron chi connectivity index (χ4n) is 4.91. The average Bonchev–Trinajstić information content (AvgIpc) is 3.33. The van der Waals surface area contributed by atoms with E-state index in [1.807, 2.05) is 40.1 Å². The first kappa shape index (κ1) is 23.7. The number of fused-ring (bicyclic) bond motifs is 2. The van der Waals surface area contributed by atoms with E-state index < -0.39 is 5.82 Å². The third-order valence-electron chi connectivity index (χ3n) is 6.70. The highest BCUT2D eigenvalue weighted by molar-refractivity contribution is 5.98. The Labute approximate surface area is 208 Å². The van der Waals surface area contributed by atoms with Gasteiger partial charge in [0.25, 0.3) is 5.91 Å². The first-order valence-corrected chi connectivity index (χ1v) is 12.0. The molecule has 3 N–H and O–H groups in total. The van der Waals surface area contributed by atoms with Crippen molar-refractivity contribution in [2.24, 2.45) is 0 Å². The van der Waals surface area contributed by atoms with Gasteiger partial charge < -0.3 is 30.0 Å². The van der Waals surface area contributed by atoms with Crippen LogP contribution in [0, 0.1) is 5.82 Å². The molecule has 2 aromatic carbocycles. The van der Waals surface area contributed by atoms with Crippen LogP contribution in [0.25, 0.3) is 21.8 Å². The van der Waals surface area contributed by atoms with Gasteiger partial charge in [0.2, 0.25) is 5.95 Å². The minimum atomic E-state index is -0.651. The van der Waals surface area contributed by atoms with Crippen molar-refractivity contribution < 1.29 is 18.7 Å². The number of hydrogen-bond donors (Lipinski definition) is 2. The van der Waals surface area contributed by atoms with Gasteiger partial charge in [0, 0.05) is 42.0 Å². The summed E-state index contributed by atoms with van der Waals surface area (Å²) in [6.07, 6.45) is 1.71. The molecule has 1 unspecified atom stereocenters. The molecule has 1 aliphatic heterocycles. The van der Waals surface area contributed by atoms with Gasteiger partial charge in [-0.25, -0.2) is 9.37 Å². The van der Waals surface area contributed by atoms with Gasteiger partial charge >= 0.3 is 0 Å². The van der Waals surface area contributed by atoms with E-state index in [0.717, 1.165) is 23.7 Å². The number of anilines is 2. The van der Waals surface area contributed by atoms with Gasteiger partial charge in [-0.2, -0.15) is 4.98 Å². The number of nitrogen functional groups attached to an aromatic ring is 1. The number of hydrogen-bond acceptors (Lipinski definition) is 7. The second-order valence-corrected chi connectivity index (χ2v) is 8.89. The number of piperazine rings is 1. The Morgan fingerprint density at radius 2 is 2.00 bits per heavy atom. The van der Waals surface area contributed by atoms with Gasteiger partial charge in [-0.15, -0.1) is 0 Å². The maximum atomic E-state index is 15.3. The molecule has 36 heavy (non-hydrogen) atoms. The third kappa shape index (κ3) is 4.02. The van der Waals surface area contributed by atoms with Crippen molar-refractivity contribution in [2.75, 3.05) is 44.5 Å². The molecular formula is C26H29FN6O3. The zero-order chi connectivity index (χ0) is 25.4. The normalized spacial score (nSPS) is 16.1. The van der Waals surface area contributed by atoms with Crippen molar-refractivity contribution in [3.8, 4) is 11.5 Å². The molecule has 0 spiro atoms. The van der Waals surface area contributed by atoms with Crippen LogP contribution in [-0.4, -0.2) is 65.7 Å². The van der Waals surface area contributed by atoms with Crippen LogP contribution < -0.4 is 20.1 Å². The first-order chi connectivity index (χ1) is 17.4. The fraction of sp³-hybridized carbons (Fsp3) is 0.346. The number of nitrogens with two attached hydrogens (primary N) is 1. The Morgan fingerprint density at radius 1 is 1.19 bits per heavy atom. The van der Waals surface area contributed by atoms with Crippen molar-refractivity contribution in [2.45, 2.75) is 25.8 Å². The summed E-state index contributed by atoms with van der Waals surface area (Å²) in [5.41, 5.74) is 7.81. The fourth-order valence-corrected chi connectivity index (χ4v) is 4.91. The van der Waals surface area contributed by atoms with Crippen LogP contribution in [0.4, 0.5) is 16.2 Å². The van der Waals surface area contributed by atoms with Gasteiger partial charge in [-0.1, -0.05) is 31.5 Å².